The van der Waals surface area contributed by atoms with Crippen molar-refractivity contribution in [1.82, 2.24) is 0 Å². The number of carbonyl (C=O) groups excluding carboxylic acids is 1. The summed E-state index contributed by atoms with van der Waals surface area (Å²) in [5.74, 6) is 0.728. The molecule has 1 N–H and O–H groups in total. The van der Waals surface area contributed by atoms with Crippen molar-refractivity contribution < 1.29 is 27.4 Å². The first kappa shape index (κ1) is 25.4. The predicted octanol–water partition coefficient (Wildman–Crippen LogP) is 4.70. The second-order valence-electron chi connectivity index (χ2n) is 6.98. The van der Waals surface area contributed by atoms with Gasteiger partial charge in [0.2, 0.25) is 5.91 Å². The summed E-state index contributed by atoms with van der Waals surface area (Å²) in [7, 11) is -1.27. The number of halogens is 1. The van der Waals surface area contributed by atoms with E-state index in [4.69, 9.17) is 14.2 Å². The maximum atomic E-state index is 13.7. The quantitative estimate of drug-likeness (QED) is 0.394. The first-order valence-electron chi connectivity index (χ1n) is 10.3. The number of ether oxygens (including phenoxy) is 3. The number of nitrogens with one attached hydrogen (secondary N) is 1. The Hall–Kier alpha value is -3.24. The molecule has 0 fully saturated rings. The Labute approximate surface area is 207 Å². The number of benzene rings is 3. The molecular formula is C24H25BrN2O6S. The van der Waals surface area contributed by atoms with Crippen molar-refractivity contribution in [2.45, 2.75) is 11.8 Å². The SMILES string of the molecule is CCOc1ccc(N(CC(=O)Nc2ccccc2Br)S(=O)(=O)c2ccc(OC)c(OC)c2)cc1. The molecule has 0 spiro atoms. The third-order valence-corrected chi connectivity index (χ3v) is 7.28. The van der Waals surface area contributed by atoms with Gasteiger partial charge >= 0.3 is 0 Å². The molecule has 1 amide bonds. The summed E-state index contributed by atoms with van der Waals surface area (Å²) in [5.41, 5.74) is 0.836. The fourth-order valence-electron chi connectivity index (χ4n) is 3.18. The van der Waals surface area contributed by atoms with Gasteiger partial charge in [0.1, 0.15) is 12.3 Å². The van der Waals surface area contributed by atoms with E-state index in [1.54, 1.807) is 42.5 Å². The van der Waals surface area contributed by atoms with E-state index >= 15 is 0 Å². The van der Waals surface area contributed by atoms with Crippen LogP contribution in [0.3, 0.4) is 0 Å². The fourth-order valence-corrected chi connectivity index (χ4v) is 5.00. The lowest BCUT2D eigenvalue weighted by molar-refractivity contribution is -0.114. The Kier molecular flexibility index (Phi) is 8.41. The lowest BCUT2D eigenvalue weighted by atomic mass is 10.3. The number of amides is 1. The van der Waals surface area contributed by atoms with Crippen LogP contribution in [0.1, 0.15) is 6.92 Å². The average molecular weight is 549 g/mol. The molecule has 3 aromatic carbocycles. The van der Waals surface area contributed by atoms with E-state index in [-0.39, 0.29) is 10.6 Å². The van der Waals surface area contributed by atoms with Crippen molar-refractivity contribution in [2.24, 2.45) is 0 Å². The van der Waals surface area contributed by atoms with Crippen LogP contribution in [0, 0.1) is 0 Å². The summed E-state index contributed by atoms with van der Waals surface area (Å²) >= 11 is 3.38. The topological polar surface area (TPSA) is 94.2 Å². The van der Waals surface area contributed by atoms with E-state index in [1.165, 1.54) is 32.4 Å². The lowest BCUT2D eigenvalue weighted by Gasteiger charge is -2.25. The molecule has 0 aliphatic rings. The molecule has 0 aliphatic heterocycles. The molecule has 0 bridgehead atoms. The number of methoxy groups -OCH3 is 2. The highest BCUT2D eigenvalue weighted by atomic mass is 79.9. The summed E-state index contributed by atoms with van der Waals surface area (Å²) in [6.45, 7) is 1.88. The third kappa shape index (κ3) is 5.81. The lowest BCUT2D eigenvalue weighted by Crippen LogP contribution is -2.38. The van der Waals surface area contributed by atoms with E-state index in [0.29, 0.717) is 34.0 Å². The number of nitrogens with zero attached hydrogens (tertiary/aromatic N) is 1. The van der Waals surface area contributed by atoms with Gasteiger partial charge < -0.3 is 19.5 Å². The Morgan fingerprint density at radius 2 is 1.65 bits per heavy atom. The third-order valence-electron chi connectivity index (χ3n) is 4.81. The van der Waals surface area contributed by atoms with Gasteiger partial charge in [0.25, 0.3) is 10.0 Å². The van der Waals surface area contributed by atoms with Gasteiger partial charge in [0.05, 0.1) is 37.1 Å². The summed E-state index contributed by atoms with van der Waals surface area (Å²) < 4.78 is 45.0. The number of carbonyl (C=O) groups is 1. The van der Waals surface area contributed by atoms with E-state index in [9.17, 15) is 13.2 Å². The molecule has 180 valence electrons. The molecule has 3 rings (SSSR count). The minimum absolute atomic E-state index is 0.0484. The molecule has 0 saturated carbocycles. The zero-order valence-corrected chi connectivity index (χ0v) is 21.4. The Balaban J connectivity index is 2.00. The zero-order valence-electron chi connectivity index (χ0n) is 18.9. The van der Waals surface area contributed by atoms with Gasteiger partial charge in [-0.25, -0.2) is 8.42 Å². The van der Waals surface area contributed by atoms with Crippen molar-refractivity contribution >= 4 is 43.2 Å². The molecule has 0 aliphatic carbocycles. The number of rotatable bonds is 10. The minimum Gasteiger partial charge on any atom is -0.494 e. The van der Waals surface area contributed by atoms with Gasteiger partial charge in [-0.2, -0.15) is 0 Å². The molecule has 3 aromatic rings. The normalized spacial score (nSPS) is 10.9. The molecule has 0 unspecified atom stereocenters. The standard InChI is InChI=1S/C24H25BrN2O6S/c1-4-33-18-11-9-17(10-12-18)27(16-24(28)26-21-8-6-5-7-20(21)25)34(29,30)19-13-14-22(31-2)23(15-19)32-3/h5-15H,4,16H2,1-3H3,(H,26,28). The Morgan fingerprint density at radius 3 is 2.26 bits per heavy atom. The first-order chi connectivity index (χ1) is 16.3. The molecule has 0 radical (unpaired) electrons. The second-order valence-corrected chi connectivity index (χ2v) is 9.70. The summed E-state index contributed by atoms with van der Waals surface area (Å²) in [6, 6.07) is 17.8. The maximum absolute atomic E-state index is 13.7. The van der Waals surface area contributed by atoms with Crippen LogP contribution < -0.4 is 23.8 Å². The average Bonchev–Trinajstić information content (AvgIpc) is 2.84. The summed E-state index contributed by atoms with van der Waals surface area (Å²) in [5, 5.41) is 2.75. The molecular weight excluding hydrogens is 524 g/mol. The van der Waals surface area contributed by atoms with Crippen molar-refractivity contribution in [2.75, 3.05) is 37.0 Å². The van der Waals surface area contributed by atoms with Gasteiger partial charge in [-0.1, -0.05) is 12.1 Å². The largest absolute Gasteiger partial charge is 0.494 e. The Morgan fingerprint density at radius 1 is 0.971 bits per heavy atom. The summed E-state index contributed by atoms with van der Waals surface area (Å²) in [4.78, 5) is 12.9. The molecule has 10 heteroatoms. The van der Waals surface area contributed by atoms with E-state index in [1.807, 2.05) is 13.0 Å². The molecule has 0 saturated heterocycles. The second kappa shape index (κ2) is 11.3. The van der Waals surface area contributed by atoms with Gasteiger partial charge in [-0.3, -0.25) is 9.10 Å². The van der Waals surface area contributed by atoms with Crippen molar-refractivity contribution in [1.29, 1.82) is 0 Å². The van der Waals surface area contributed by atoms with Crippen molar-refractivity contribution in [3.8, 4) is 17.2 Å². The van der Waals surface area contributed by atoms with Crippen LogP contribution in [0.5, 0.6) is 17.2 Å². The smallest absolute Gasteiger partial charge is 0.264 e. The Bertz CT molecular complexity index is 1250. The fraction of sp³-hybridized carbons (Fsp3) is 0.208. The predicted molar refractivity (Wildman–Crippen MR) is 134 cm³/mol. The highest BCUT2D eigenvalue weighted by Gasteiger charge is 2.28. The highest BCUT2D eigenvalue weighted by molar-refractivity contribution is 9.10. The van der Waals surface area contributed by atoms with Gasteiger partial charge in [0.15, 0.2) is 11.5 Å². The number of para-hydroxylation sites is 1. The van der Waals surface area contributed by atoms with Gasteiger partial charge in [-0.15, -0.1) is 0 Å². The highest BCUT2D eigenvalue weighted by Crippen LogP contribution is 2.33. The number of hydrogen-bond acceptors (Lipinski definition) is 6. The van der Waals surface area contributed by atoms with Crippen LogP contribution in [0.2, 0.25) is 0 Å². The van der Waals surface area contributed by atoms with Crippen molar-refractivity contribution in [3.63, 3.8) is 0 Å². The number of hydrogen-bond donors (Lipinski definition) is 1. The van der Waals surface area contributed by atoms with E-state index in [0.717, 1.165) is 4.31 Å². The van der Waals surface area contributed by atoms with Crippen LogP contribution in [0.4, 0.5) is 11.4 Å². The number of anilines is 2. The monoisotopic (exact) mass is 548 g/mol. The van der Waals surface area contributed by atoms with Crippen molar-refractivity contribution in [3.05, 3.63) is 71.2 Å². The zero-order chi connectivity index (χ0) is 24.7. The van der Waals surface area contributed by atoms with Crippen LogP contribution in [0.25, 0.3) is 0 Å². The number of sulfonamides is 1. The van der Waals surface area contributed by atoms with Gasteiger partial charge in [-0.05, 0) is 71.4 Å². The maximum Gasteiger partial charge on any atom is 0.264 e. The molecule has 34 heavy (non-hydrogen) atoms. The van der Waals surface area contributed by atoms with Crippen LogP contribution in [-0.2, 0) is 14.8 Å². The van der Waals surface area contributed by atoms with Gasteiger partial charge in [0, 0.05) is 10.5 Å². The molecule has 0 atom stereocenters. The first-order valence-corrected chi connectivity index (χ1v) is 12.6. The minimum atomic E-state index is -4.15. The van der Waals surface area contributed by atoms with Crippen LogP contribution in [-0.4, -0.2) is 41.7 Å². The molecule has 0 aromatic heterocycles. The van der Waals surface area contributed by atoms with E-state index in [2.05, 4.69) is 21.2 Å². The van der Waals surface area contributed by atoms with Crippen LogP contribution in [0.15, 0.2) is 76.1 Å². The molecule has 8 nitrogen and oxygen atoms in total. The van der Waals surface area contributed by atoms with Crippen LogP contribution >= 0.6 is 15.9 Å². The molecule has 0 heterocycles. The summed E-state index contributed by atoms with van der Waals surface area (Å²) in [6.07, 6.45) is 0. The van der Waals surface area contributed by atoms with E-state index < -0.39 is 22.5 Å².